The summed E-state index contributed by atoms with van der Waals surface area (Å²) in [5, 5.41) is 7.71. The van der Waals surface area contributed by atoms with Gasteiger partial charge in [0.15, 0.2) is 5.13 Å². The number of halogens is 2. The second kappa shape index (κ2) is 8.42. The van der Waals surface area contributed by atoms with Crippen molar-refractivity contribution in [2.75, 3.05) is 10.6 Å². The van der Waals surface area contributed by atoms with Crippen LogP contribution in [0.2, 0.25) is 0 Å². The number of amides is 2. The fraction of sp³-hybridized carbons (Fsp3) is 0.190. The Labute approximate surface area is 179 Å². The molecule has 0 bridgehead atoms. The number of hydrogen-bond acceptors (Lipinski definition) is 4. The molecule has 148 valence electrons. The molecule has 2 amide bonds. The third-order valence-electron chi connectivity index (χ3n) is 4.82. The van der Waals surface area contributed by atoms with Crippen molar-refractivity contribution < 1.29 is 14.0 Å². The first kappa shape index (κ1) is 19.7. The Hall–Kier alpha value is -2.58. The predicted octanol–water partition coefficient (Wildman–Crippen LogP) is 5.70. The van der Waals surface area contributed by atoms with Crippen molar-refractivity contribution in [3.05, 3.63) is 63.7 Å². The van der Waals surface area contributed by atoms with E-state index in [9.17, 15) is 14.0 Å². The fourth-order valence-electron chi connectivity index (χ4n) is 2.97. The van der Waals surface area contributed by atoms with Crippen LogP contribution in [-0.2, 0) is 4.79 Å². The van der Waals surface area contributed by atoms with E-state index in [1.54, 1.807) is 0 Å². The van der Waals surface area contributed by atoms with Crippen LogP contribution in [0.4, 0.5) is 15.2 Å². The smallest absolute Gasteiger partial charge is 0.259 e. The fourth-order valence-corrected chi connectivity index (χ4v) is 3.95. The van der Waals surface area contributed by atoms with E-state index in [-0.39, 0.29) is 23.1 Å². The van der Waals surface area contributed by atoms with Gasteiger partial charge in [0.2, 0.25) is 5.91 Å². The minimum absolute atomic E-state index is 0.0680. The zero-order chi connectivity index (χ0) is 20.4. The largest absolute Gasteiger partial charge is 0.325 e. The minimum Gasteiger partial charge on any atom is -0.325 e. The van der Waals surface area contributed by atoms with E-state index < -0.39 is 11.7 Å². The molecule has 5 nitrogen and oxygen atoms in total. The summed E-state index contributed by atoms with van der Waals surface area (Å²) in [7, 11) is 0. The van der Waals surface area contributed by atoms with Crippen molar-refractivity contribution in [1.29, 1.82) is 0 Å². The highest BCUT2D eigenvalue weighted by atomic mass is 79.9. The van der Waals surface area contributed by atoms with Gasteiger partial charge >= 0.3 is 0 Å². The molecule has 1 aliphatic carbocycles. The first-order valence-electron chi connectivity index (χ1n) is 9.13. The molecule has 0 aliphatic heterocycles. The Bertz CT molecular complexity index is 1060. The molecule has 1 saturated carbocycles. The molecule has 4 rings (SSSR count). The summed E-state index contributed by atoms with van der Waals surface area (Å²) in [6, 6.07) is 11.4. The third kappa shape index (κ3) is 4.54. The molecule has 8 heteroatoms. The normalized spacial score (nSPS) is 13.6. The molecule has 29 heavy (non-hydrogen) atoms. The summed E-state index contributed by atoms with van der Waals surface area (Å²) < 4.78 is 14.7. The Morgan fingerprint density at radius 3 is 2.55 bits per heavy atom. The maximum atomic E-state index is 13.7. The van der Waals surface area contributed by atoms with E-state index in [2.05, 4.69) is 31.5 Å². The van der Waals surface area contributed by atoms with E-state index in [0.717, 1.165) is 35.0 Å². The number of rotatable bonds is 5. The Kier molecular flexibility index (Phi) is 5.73. The van der Waals surface area contributed by atoms with Crippen LogP contribution in [0.5, 0.6) is 0 Å². The van der Waals surface area contributed by atoms with Gasteiger partial charge in [-0.3, -0.25) is 14.9 Å². The lowest BCUT2D eigenvalue weighted by molar-refractivity contribution is -0.122. The zero-order valence-electron chi connectivity index (χ0n) is 15.2. The van der Waals surface area contributed by atoms with Gasteiger partial charge in [0.25, 0.3) is 5.91 Å². The van der Waals surface area contributed by atoms with E-state index >= 15 is 0 Å². The van der Waals surface area contributed by atoms with Gasteiger partial charge in [-0.05, 0) is 43.2 Å². The van der Waals surface area contributed by atoms with E-state index in [1.165, 1.54) is 29.5 Å². The molecule has 2 N–H and O–H groups in total. The number of benzene rings is 2. The van der Waals surface area contributed by atoms with Gasteiger partial charge < -0.3 is 5.32 Å². The van der Waals surface area contributed by atoms with Crippen molar-refractivity contribution in [1.82, 2.24) is 4.98 Å². The molecule has 1 aliphatic rings. The summed E-state index contributed by atoms with van der Waals surface area (Å²) in [4.78, 5) is 29.4. The average molecular weight is 474 g/mol. The zero-order valence-corrected chi connectivity index (χ0v) is 17.6. The quantitative estimate of drug-likeness (QED) is 0.498. The number of thiazole rings is 1. The molecular formula is C21H17BrFN3O2S. The van der Waals surface area contributed by atoms with Crippen LogP contribution in [0.25, 0.3) is 11.3 Å². The van der Waals surface area contributed by atoms with E-state index in [1.807, 2.05) is 29.6 Å². The van der Waals surface area contributed by atoms with Gasteiger partial charge in [-0.1, -0.05) is 34.5 Å². The van der Waals surface area contributed by atoms with Crippen LogP contribution in [0.15, 0.2) is 52.3 Å². The summed E-state index contributed by atoms with van der Waals surface area (Å²) in [5.41, 5.74) is 2.04. The standard InChI is InChI=1S/C21H17BrFN3O2S/c22-14-6-4-12(5-7-14)18-11-29-21(25-18)26-20(28)16-9-8-15(23)10-17(16)24-19(27)13-2-1-3-13/h4-11,13H,1-3H2,(H,24,27)(H,25,26,28). The SMILES string of the molecule is O=C(Nc1nc(-c2ccc(Br)cc2)cs1)c1ccc(F)cc1NC(=O)C1CCC1. The van der Waals surface area contributed by atoms with Crippen LogP contribution in [-0.4, -0.2) is 16.8 Å². The van der Waals surface area contributed by atoms with Crippen LogP contribution in [0.1, 0.15) is 29.6 Å². The van der Waals surface area contributed by atoms with Gasteiger partial charge in [0.05, 0.1) is 16.9 Å². The molecule has 1 heterocycles. The van der Waals surface area contributed by atoms with Crippen LogP contribution >= 0.6 is 27.3 Å². The Morgan fingerprint density at radius 2 is 1.86 bits per heavy atom. The van der Waals surface area contributed by atoms with Crippen molar-refractivity contribution in [2.24, 2.45) is 5.92 Å². The van der Waals surface area contributed by atoms with Gasteiger partial charge in [-0.25, -0.2) is 9.37 Å². The van der Waals surface area contributed by atoms with Gasteiger partial charge in [-0.2, -0.15) is 0 Å². The lowest BCUT2D eigenvalue weighted by atomic mass is 9.85. The number of nitrogens with one attached hydrogen (secondary N) is 2. The monoisotopic (exact) mass is 473 g/mol. The van der Waals surface area contributed by atoms with Gasteiger partial charge in [0, 0.05) is 21.3 Å². The maximum Gasteiger partial charge on any atom is 0.259 e. The third-order valence-corrected chi connectivity index (χ3v) is 6.11. The van der Waals surface area contributed by atoms with Crippen LogP contribution < -0.4 is 10.6 Å². The first-order valence-corrected chi connectivity index (χ1v) is 10.8. The number of anilines is 2. The predicted molar refractivity (Wildman–Crippen MR) is 116 cm³/mol. The Balaban J connectivity index is 1.51. The molecule has 0 atom stereocenters. The minimum atomic E-state index is -0.516. The number of carbonyl (C=O) groups excluding carboxylic acids is 2. The lowest BCUT2D eigenvalue weighted by Gasteiger charge is -2.24. The number of carbonyl (C=O) groups is 2. The summed E-state index contributed by atoms with van der Waals surface area (Å²) in [5.74, 6) is -1.22. The molecule has 1 fully saturated rings. The maximum absolute atomic E-state index is 13.7. The molecule has 1 aromatic heterocycles. The second-order valence-electron chi connectivity index (χ2n) is 6.81. The number of aromatic nitrogens is 1. The first-order chi connectivity index (χ1) is 14.0. The topological polar surface area (TPSA) is 71.1 Å². The van der Waals surface area contributed by atoms with E-state index in [4.69, 9.17) is 0 Å². The molecule has 0 unspecified atom stereocenters. The van der Waals surface area contributed by atoms with E-state index in [0.29, 0.717) is 5.13 Å². The molecule has 0 radical (unpaired) electrons. The Morgan fingerprint density at radius 1 is 1.10 bits per heavy atom. The molecule has 0 spiro atoms. The lowest BCUT2D eigenvalue weighted by Crippen LogP contribution is -2.29. The number of nitrogens with zero attached hydrogens (tertiary/aromatic N) is 1. The molecular weight excluding hydrogens is 457 g/mol. The highest BCUT2D eigenvalue weighted by Gasteiger charge is 2.26. The molecule has 2 aromatic carbocycles. The summed E-state index contributed by atoms with van der Waals surface area (Å²) >= 11 is 4.69. The summed E-state index contributed by atoms with van der Waals surface area (Å²) in [6.07, 6.45) is 2.65. The van der Waals surface area contributed by atoms with Crippen molar-refractivity contribution in [3.8, 4) is 11.3 Å². The highest BCUT2D eigenvalue weighted by molar-refractivity contribution is 9.10. The van der Waals surface area contributed by atoms with Gasteiger partial charge in [0.1, 0.15) is 5.82 Å². The van der Waals surface area contributed by atoms with Crippen molar-refractivity contribution in [2.45, 2.75) is 19.3 Å². The van der Waals surface area contributed by atoms with Crippen LogP contribution in [0, 0.1) is 11.7 Å². The van der Waals surface area contributed by atoms with Crippen molar-refractivity contribution in [3.63, 3.8) is 0 Å². The molecule has 0 saturated heterocycles. The highest BCUT2D eigenvalue weighted by Crippen LogP contribution is 2.30. The average Bonchev–Trinajstić information content (AvgIpc) is 3.09. The van der Waals surface area contributed by atoms with Crippen molar-refractivity contribution >= 4 is 49.9 Å². The number of hydrogen-bond donors (Lipinski definition) is 2. The second-order valence-corrected chi connectivity index (χ2v) is 8.58. The van der Waals surface area contributed by atoms with Gasteiger partial charge in [-0.15, -0.1) is 11.3 Å². The van der Waals surface area contributed by atoms with Crippen LogP contribution in [0.3, 0.4) is 0 Å². The molecule has 3 aromatic rings. The summed E-state index contributed by atoms with van der Waals surface area (Å²) in [6.45, 7) is 0.